The number of fused-ring (bicyclic) bond motifs is 5. The number of H-pyrrole nitrogens is 5. The van der Waals surface area contributed by atoms with Gasteiger partial charge in [0.15, 0.2) is 5.78 Å². The summed E-state index contributed by atoms with van der Waals surface area (Å²) in [6.07, 6.45) is 17.0. The van der Waals surface area contributed by atoms with E-state index in [1.54, 1.807) is 56.8 Å². The van der Waals surface area contributed by atoms with E-state index in [9.17, 15) is 24.0 Å². The predicted octanol–water partition coefficient (Wildman–Crippen LogP) is 19.4. The summed E-state index contributed by atoms with van der Waals surface area (Å²) in [6.45, 7) is 4.42. The first-order valence-electron chi connectivity index (χ1n) is 41.4. The van der Waals surface area contributed by atoms with E-state index in [4.69, 9.17) is 42.7 Å². The second-order valence-corrected chi connectivity index (χ2v) is 33.9. The van der Waals surface area contributed by atoms with Crippen molar-refractivity contribution in [3.8, 4) is 11.8 Å². The molecule has 1 atom stereocenters. The average molecular weight is 1780 g/mol. The summed E-state index contributed by atoms with van der Waals surface area (Å²) in [5, 5.41) is 40.0. The molecule has 20 rings (SSSR count). The number of nitrogens with one attached hydrogen (secondary N) is 9. The van der Waals surface area contributed by atoms with E-state index in [-0.39, 0.29) is 52.4 Å². The summed E-state index contributed by atoms with van der Waals surface area (Å²) in [5.41, 5.74) is 14.0. The first-order chi connectivity index (χ1) is 61.1. The number of carbonyl (C=O) groups is 5. The van der Waals surface area contributed by atoms with Gasteiger partial charge < -0.3 is 60.4 Å². The number of aromatic nitrogens is 11. The normalized spacial score (nSPS) is 14.2. The topological polar surface area (TPSA) is 317 Å². The van der Waals surface area contributed by atoms with Gasteiger partial charge in [-0.05, 0) is 163 Å². The number of carbonyl (C=O) groups excluding carboxylic acids is 5. The van der Waals surface area contributed by atoms with E-state index in [0.29, 0.717) is 83.5 Å². The van der Waals surface area contributed by atoms with Crippen molar-refractivity contribution in [2.75, 3.05) is 26.4 Å². The number of rotatable bonds is 20. The van der Waals surface area contributed by atoms with Crippen molar-refractivity contribution in [1.82, 2.24) is 75.5 Å². The minimum Gasteiger partial charge on any atom is -0.489 e. The molecule has 4 amide bonds. The second-order valence-electron chi connectivity index (χ2n) is 32.1. The molecule has 1 saturated carbocycles. The maximum atomic E-state index is 13.0. The summed E-state index contributed by atoms with van der Waals surface area (Å²) in [6, 6.07) is 79.3. The molecular formula is C99H91BrCl2N16O8. The van der Waals surface area contributed by atoms with Crippen molar-refractivity contribution >= 4 is 123 Å². The van der Waals surface area contributed by atoms with Gasteiger partial charge in [-0.25, -0.2) is 0 Å². The van der Waals surface area contributed by atoms with Crippen LogP contribution in [-0.4, -0.2) is 110 Å². The van der Waals surface area contributed by atoms with E-state index < -0.39 is 5.54 Å². The van der Waals surface area contributed by atoms with Gasteiger partial charge in [-0.15, -0.1) is 0 Å². The lowest BCUT2D eigenvalue weighted by Gasteiger charge is -2.41. The Morgan fingerprint density at radius 3 is 1.44 bits per heavy atom. The number of ether oxygens (including phenoxy) is 3. The van der Waals surface area contributed by atoms with Crippen LogP contribution >= 0.6 is 39.1 Å². The third-order valence-corrected chi connectivity index (χ3v) is 24.0. The highest BCUT2D eigenvalue weighted by molar-refractivity contribution is 9.10. The van der Waals surface area contributed by atoms with E-state index in [2.05, 4.69) is 95.6 Å². The first-order valence-corrected chi connectivity index (χ1v) is 42.9. The molecule has 2 saturated heterocycles. The Bertz CT molecular complexity index is 6750. The molecule has 1 aliphatic carbocycles. The summed E-state index contributed by atoms with van der Waals surface area (Å²) in [5.74, 6) is 0.291. The van der Waals surface area contributed by atoms with Gasteiger partial charge in [0.25, 0.3) is 23.6 Å². The second kappa shape index (κ2) is 38.1. The molecule has 9 aromatic carbocycles. The number of aryl methyl sites for hydroxylation is 3. The Morgan fingerprint density at radius 2 is 0.921 bits per heavy atom. The molecule has 0 spiro atoms. The molecule has 3 aliphatic rings. The van der Waals surface area contributed by atoms with E-state index in [0.717, 1.165) is 124 Å². The number of hydrogen-bond donors (Lipinski definition) is 9. The smallest absolute Gasteiger partial charge is 0.268 e. The lowest BCUT2D eigenvalue weighted by Crippen LogP contribution is -2.59. The number of halogens is 3. The molecule has 10 heterocycles. The number of nitrogens with zero attached hydrogens (tertiary/aromatic N) is 7. The highest BCUT2D eigenvalue weighted by Crippen LogP contribution is 2.40. The van der Waals surface area contributed by atoms with Crippen LogP contribution in [0.25, 0.3) is 54.5 Å². The van der Waals surface area contributed by atoms with Crippen LogP contribution in [0.5, 0.6) is 5.75 Å². The molecular weight excluding hydrogens is 1690 g/mol. The third kappa shape index (κ3) is 20.0. The van der Waals surface area contributed by atoms with Crippen molar-refractivity contribution in [1.29, 1.82) is 5.26 Å². The van der Waals surface area contributed by atoms with E-state index >= 15 is 0 Å². The minimum absolute atomic E-state index is 0.0573. The Labute approximate surface area is 744 Å². The predicted molar refractivity (Wildman–Crippen MR) is 492 cm³/mol. The van der Waals surface area contributed by atoms with Crippen molar-refractivity contribution < 1.29 is 38.2 Å². The summed E-state index contributed by atoms with van der Waals surface area (Å²) in [7, 11) is 5.57. The average Bonchev–Trinajstić information content (AvgIpc) is 1.54. The Balaban J connectivity index is 0.000000116. The van der Waals surface area contributed by atoms with Gasteiger partial charge in [0.2, 0.25) is 0 Å². The number of hydrogen-bond acceptors (Lipinski definition) is 12. The zero-order chi connectivity index (χ0) is 87.5. The van der Waals surface area contributed by atoms with E-state index in [1.807, 2.05) is 253 Å². The molecule has 3 fully saturated rings. The Kier molecular flexibility index (Phi) is 25.9. The summed E-state index contributed by atoms with van der Waals surface area (Å²) in [4.78, 5) is 79.7. The van der Waals surface area contributed by atoms with Crippen LogP contribution in [0, 0.1) is 11.3 Å². The number of nitriles is 1. The van der Waals surface area contributed by atoms with Gasteiger partial charge in [-0.3, -0.25) is 38.0 Å². The molecule has 2 aliphatic heterocycles. The van der Waals surface area contributed by atoms with Crippen LogP contribution in [0.4, 0.5) is 0 Å². The lowest BCUT2D eigenvalue weighted by atomic mass is 9.75. The molecule has 24 nitrogen and oxygen atoms in total. The van der Waals surface area contributed by atoms with E-state index in [1.165, 1.54) is 12.0 Å². The monoisotopic (exact) mass is 1780 g/mol. The number of benzene rings is 9. The fourth-order valence-corrected chi connectivity index (χ4v) is 16.8. The van der Waals surface area contributed by atoms with Gasteiger partial charge in [0, 0.05) is 132 Å². The van der Waals surface area contributed by atoms with Gasteiger partial charge in [-0.2, -0.15) is 20.6 Å². The standard InChI is InChI=1S/C22H17ClN2O.C22H22N4O2.C21H21ClN2O.C17H16BrN3O2.C17H15N5O2/c23-18-11-12-19-17(13-18)14-20(24-19)22(26)25-21(15-7-3-1-4-8-15)16-9-5-2-6-10-16;1-15(18-12-23-26(2)13-18)24-22(27)21-11-17-10-19(8-9-20(17)25-21)28-14-16-6-4-3-5-7-16;22-17-9-10-18-15(13-17)14-19(23-18)20(25)24-21(11-5-2-6-12-21)16-7-3-1-4-8-16;1-21-8-12(7-19-21)17(9-23-10-17)6-16(22)15-5-11-4-13(18)2-3-14(11)20-15;1-22-8-13(7-19-22)17(9-24-10-17)21-16(23)15-5-12-4-11(6-18)2-3-14(12)20-15/h1-14,21,24H,(H,25,26);3-13,15,25H,14H2,1-2H3,(H,24,27);1,3-4,7-10,13-14,23H,2,5-6,11-12H2,(H,24,25);2-5,7-8,20H,6,9-10H2,1H3;2-5,7-8,20H,9-10H2,1H3,(H,21,23). The number of aromatic amines is 5. The van der Waals surface area contributed by atoms with Crippen LogP contribution in [0.1, 0.15) is 154 Å². The molecule has 1 unspecified atom stereocenters. The summed E-state index contributed by atoms with van der Waals surface area (Å²) >= 11 is 15.5. The zero-order valence-electron chi connectivity index (χ0n) is 69.5. The van der Waals surface area contributed by atoms with Crippen molar-refractivity contribution in [2.45, 2.75) is 80.6 Å². The van der Waals surface area contributed by atoms with Crippen LogP contribution in [0.2, 0.25) is 10.0 Å². The summed E-state index contributed by atoms with van der Waals surface area (Å²) < 4.78 is 22.8. The van der Waals surface area contributed by atoms with Crippen molar-refractivity contribution in [2.24, 2.45) is 21.1 Å². The van der Waals surface area contributed by atoms with Crippen molar-refractivity contribution in [3.05, 3.63) is 367 Å². The molecule has 17 aromatic rings. The van der Waals surface area contributed by atoms with Crippen molar-refractivity contribution in [3.63, 3.8) is 0 Å². The zero-order valence-corrected chi connectivity index (χ0v) is 72.6. The number of amides is 4. The van der Waals surface area contributed by atoms with Gasteiger partial charge in [-0.1, -0.05) is 180 Å². The largest absolute Gasteiger partial charge is 0.489 e. The molecule has 0 radical (unpaired) electrons. The Hall–Kier alpha value is -13.9. The molecule has 126 heavy (non-hydrogen) atoms. The van der Waals surface area contributed by atoms with Crippen LogP contribution in [0.15, 0.2) is 284 Å². The van der Waals surface area contributed by atoms with Gasteiger partial charge >= 0.3 is 0 Å². The molecule has 0 bridgehead atoms. The number of ketones is 1. The molecule has 8 aromatic heterocycles. The van der Waals surface area contributed by atoms with Gasteiger partial charge in [0.1, 0.15) is 40.7 Å². The third-order valence-electron chi connectivity index (χ3n) is 23.0. The molecule has 27 heteroatoms. The quantitative estimate of drug-likeness (QED) is 0.0322. The maximum Gasteiger partial charge on any atom is 0.268 e. The minimum atomic E-state index is -0.541. The number of Topliss-reactive ketones (excluding diaryl/α,β-unsaturated/α-hetero) is 1. The van der Waals surface area contributed by atoms with Crippen LogP contribution in [-0.2, 0) is 53.7 Å². The molecule has 636 valence electrons. The SMILES string of the molecule is CC(NC(=O)c1cc2cc(OCc3ccccc3)ccc2[nH]1)c1cnn(C)c1.Cn1cc(C2(CC(=O)c3cc4cc(Br)ccc4[nH]3)COC2)cn1.Cn1cc(C2(NC(=O)c3cc4cc(C#N)ccc4[nH]3)COC2)cn1.O=C(NC(c1ccccc1)c1ccccc1)c1cc2cc(Cl)ccc2[nH]1.O=C(NC1(c2ccccc2)CCCCC1)c1cc2cc(Cl)ccc2[nH]1. The maximum absolute atomic E-state index is 13.0. The highest BCUT2D eigenvalue weighted by atomic mass is 79.9. The van der Waals surface area contributed by atoms with Crippen LogP contribution in [0.3, 0.4) is 0 Å². The fraction of sp³-hybridized carbons (Fsp3) is 0.202. The highest BCUT2D eigenvalue weighted by Gasteiger charge is 2.45. The van der Waals surface area contributed by atoms with Crippen LogP contribution < -0.4 is 26.0 Å². The fourth-order valence-electron chi connectivity index (χ4n) is 16.0. The molecule has 9 N–H and O–H groups in total. The first kappa shape index (κ1) is 85.7. The lowest BCUT2D eigenvalue weighted by molar-refractivity contribution is -0.0734. The Morgan fingerprint density at radius 1 is 0.468 bits per heavy atom. The van der Waals surface area contributed by atoms with Gasteiger partial charge in [0.05, 0.1) is 85.4 Å².